The van der Waals surface area contributed by atoms with Gasteiger partial charge in [-0.25, -0.2) is 8.78 Å². The van der Waals surface area contributed by atoms with Gasteiger partial charge in [-0.1, -0.05) is 35.9 Å². The first kappa shape index (κ1) is 23.2. The minimum atomic E-state index is -1.62. The lowest BCUT2D eigenvalue weighted by atomic mass is 9.89. The highest BCUT2D eigenvalue weighted by Crippen LogP contribution is 2.34. The van der Waals surface area contributed by atoms with Gasteiger partial charge in [-0.05, 0) is 30.7 Å². The van der Waals surface area contributed by atoms with Gasteiger partial charge in [0, 0.05) is 41.5 Å². The number of aliphatic hydroxyl groups excluding tert-OH is 1. The molecule has 1 aliphatic rings. The number of benzene rings is 3. The van der Waals surface area contributed by atoms with E-state index in [0.29, 0.717) is 11.4 Å². The highest BCUT2D eigenvalue weighted by atomic mass is 35.5. The number of β-amino-alcohol motifs (C(OH)–C–C–N with tert-alkyl or cyclic N) is 1. The molecule has 3 N–H and O–H groups in total. The molecule has 0 unspecified atom stereocenters. The van der Waals surface area contributed by atoms with Gasteiger partial charge in [0.05, 0.1) is 0 Å². The minimum absolute atomic E-state index is 0.0254. The quantitative estimate of drug-likeness (QED) is 0.516. The van der Waals surface area contributed by atoms with Gasteiger partial charge in [-0.15, -0.1) is 0 Å². The molecule has 3 aromatic carbocycles. The molecule has 1 aliphatic heterocycles. The van der Waals surface area contributed by atoms with Gasteiger partial charge in [0.25, 0.3) is 0 Å². The zero-order valence-electron chi connectivity index (χ0n) is 17.8. The van der Waals surface area contributed by atoms with E-state index in [1.165, 1.54) is 11.8 Å². The van der Waals surface area contributed by atoms with Crippen molar-refractivity contribution in [1.82, 2.24) is 0 Å². The number of carbonyl (C=O) groups is 1. The SMILES string of the molecule is CC(=O)Nc1cccc2c(OC[C@]3(O)CCN(c4c(F)cc(Cl)cc4F)C[C@H]3O)cccc12. The van der Waals surface area contributed by atoms with E-state index < -0.39 is 23.3 Å². The predicted molar refractivity (Wildman–Crippen MR) is 123 cm³/mol. The molecule has 9 heteroatoms. The number of hydrogen-bond donors (Lipinski definition) is 3. The molecular formula is C24H23ClF2N2O4. The number of amides is 1. The van der Waals surface area contributed by atoms with Crippen molar-refractivity contribution in [3.8, 4) is 5.75 Å². The van der Waals surface area contributed by atoms with Crippen molar-refractivity contribution in [2.75, 3.05) is 29.9 Å². The van der Waals surface area contributed by atoms with E-state index >= 15 is 0 Å². The molecule has 2 atom stereocenters. The van der Waals surface area contributed by atoms with Gasteiger partial charge in [-0.3, -0.25) is 4.79 Å². The number of rotatable bonds is 5. The zero-order chi connectivity index (χ0) is 23.8. The summed E-state index contributed by atoms with van der Waals surface area (Å²) in [6.45, 7) is 1.12. The molecule has 0 aliphatic carbocycles. The van der Waals surface area contributed by atoms with E-state index in [4.69, 9.17) is 16.3 Å². The lowest BCUT2D eigenvalue weighted by Crippen LogP contribution is -2.58. The lowest BCUT2D eigenvalue weighted by molar-refractivity contribution is -0.114. The Labute approximate surface area is 194 Å². The highest BCUT2D eigenvalue weighted by molar-refractivity contribution is 6.30. The van der Waals surface area contributed by atoms with Gasteiger partial charge in [0.2, 0.25) is 5.91 Å². The van der Waals surface area contributed by atoms with Gasteiger partial charge >= 0.3 is 0 Å². The molecule has 1 heterocycles. The number of halogens is 3. The summed E-state index contributed by atoms with van der Waals surface area (Å²) >= 11 is 5.69. The number of nitrogens with one attached hydrogen (secondary N) is 1. The van der Waals surface area contributed by atoms with E-state index in [0.717, 1.165) is 22.9 Å². The second-order valence-corrected chi connectivity index (χ2v) is 8.60. The molecule has 33 heavy (non-hydrogen) atoms. The summed E-state index contributed by atoms with van der Waals surface area (Å²) in [5, 5.41) is 25.9. The molecule has 3 aromatic rings. The summed E-state index contributed by atoms with van der Waals surface area (Å²) in [7, 11) is 0. The van der Waals surface area contributed by atoms with Crippen LogP contribution in [0.1, 0.15) is 13.3 Å². The van der Waals surface area contributed by atoms with Crippen LogP contribution in [-0.4, -0.2) is 47.5 Å². The number of hydrogen-bond acceptors (Lipinski definition) is 5. The van der Waals surface area contributed by atoms with Crippen LogP contribution in [0.25, 0.3) is 10.8 Å². The fourth-order valence-corrected chi connectivity index (χ4v) is 4.27. The maximum Gasteiger partial charge on any atom is 0.221 e. The lowest BCUT2D eigenvalue weighted by Gasteiger charge is -2.42. The Bertz CT molecular complexity index is 1190. The summed E-state index contributed by atoms with van der Waals surface area (Å²) in [4.78, 5) is 12.8. The van der Waals surface area contributed by atoms with Crippen LogP contribution in [0.4, 0.5) is 20.2 Å². The number of anilines is 2. The average Bonchev–Trinajstić information content (AvgIpc) is 2.74. The summed E-state index contributed by atoms with van der Waals surface area (Å²) in [5.41, 5.74) is -1.28. The van der Waals surface area contributed by atoms with E-state index in [1.54, 1.807) is 24.3 Å². The largest absolute Gasteiger partial charge is 0.490 e. The molecule has 1 amide bonds. The normalized spacial score (nSPS) is 20.7. The second-order valence-electron chi connectivity index (χ2n) is 8.16. The van der Waals surface area contributed by atoms with Crippen LogP contribution < -0.4 is 15.0 Å². The molecule has 1 saturated heterocycles. The van der Waals surface area contributed by atoms with Crippen molar-refractivity contribution < 1.29 is 28.5 Å². The first-order valence-corrected chi connectivity index (χ1v) is 10.8. The smallest absolute Gasteiger partial charge is 0.221 e. The second kappa shape index (κ2) is 9.13. The van der Waals surface area contributed by atoms with E-state index in [2.05, 4.69) is 5.32 Å². The van der Waals surface area contributed by atoms with Crippen molar-refractivity contribution in [2.24, 2.45) is 0 Å². The first-order chi connectivity index (χ1) is 15.7. The molecule has 0 spiro atoms. The molecule has 0 bridgehead atoms. The van der Waals surface area contributed by atoms with Crippen molar-refractivity contribution >= 4 is 39.7 Å². The molecule has 1 fully saturated rings. The van der Waals surface area contributed by atoms with Crippen molar-refractivity contribution in [3.63, 3.8) is 0 Å². The summed E-state index contributed by atoms with van der Waals surface area (Å²) < 4.78 is 34.5. The maximum atomic E-state index is 14.3. The number of carbonyl (C=O) groups excluding carboxylic acids is 1. The van der Waals surface area contributed by atoms with Crippen LogP contribution in [-0.2, 0) is 4.79 Å². The topological polar surface area (TPSA) is 82.0 Å². The summed E-state index contributed by atoms with van der Waals surface area (Å²) in [5.74, 6) is -1.40. The van der Waals surface area contributed by atoms with Crippen LogP contribution in [0, 0.1) is 11.6 Å². The van der Waals surface area contributed by atoms with Gasteiger partial charge in [-0.2, -0.15) is 0 Å². The third-order valence-corrected chi connectivity index (χ3v) is 6.01. The minimum Gasteiger partial charge on any atom is -0.490 e. The number of nitrogens with zero attached hydrogens (tertiary/aromatic N) is 1. The molecule has 174 valence electrons. The van der Waals surface area contributed by atoms with Crippen LogP contribution in [0.2, 0.25) is 5.02 Å². The number of ether oxygens (including phenoxy) is 1. The molecule has 0 aromatic heterocycles. The molecular weight excluding hydrogens is 454 g/mol. The monoisotopic (exact) mass is 476 g/mol. The fourth-order valence-electron chi connectivity index (χ4n) is 4.08. The van der Waals surface area contributed by atoms with Gasteiger partial charge in [0.1, 0.15) is 29.7 Å². The van der Waals surface area contributed by atoms with E-state index in [1.807, 2.05) is 12.1 Å². The van der Waals surface area contributed by atoms with Crippen LogP contribution >= 0.6 is 11.6 Å². The number of piperidine rings is 1. The molecule has 0 saturated carbocycles. The van der Waals surface area contributed by atoms with Crippen molar-refractivity contribution in [2.45, 2.75) is 25.0 Å². The van der Waals surface area contributed by atoms with E-state index in [9.17, 15) is 23.8 Å². The number of aliphatic hydroxyl groups is 2. The third kappa shape index (κ3) is 4.73. The molecule has 4 rings (SSSR count). The maximum absolute atomic E-state index is 14.3. The Balaban J connectivity index is 1.51. The summed E-state index contributed by atoms with van der Waals surface area (Å²) in [6, 6.07) is 12.7. The molecule has 6 nitrogen and oxygen atoms in total. The average molecular weight is 477 g/mol. The Kier molecular flexibility index (Phi) is 6.43. The Morgan fingerprint density at radius 2 is 1.88 bits per heavy atom. The zero-order valence-corrected chi connectivity index (χ0v) is 18.6. The standard InChI is InChI=1S/C24H23ClF2N2O4/c1-14(30)28-20-6-2-5-17-16(20)4-3-7-21(17)33-13-24(32)8-9-29(12-22(24)31)23-18(26)10-15(25)11-19(23)27/h2-7,10-11,22,31-32H,8-9,12-13H2,1H3,(H,28,30)/t22-,24-/m1/s1. The van der Waals surface area contributed by atoms with Crippen LogP contribution in [0.15, 0.2) is 48.5 Å². The van der Waals surface area contributed by atoms with Gasteiger partial charge < -0.3 is 25.2 Å². The van der Waals surface area contributed by atoms with Crippen molar-refractivity contribution in [1.29, 1.82) is 0 Å². The Hall–Kier alpha value is -2.94. The third-order valence-electron chi connectivity index (χ3n) is 5.80. The fraction of sp³-hybridized carbons (Fsp3) is 0.292. The van der Waals surface area contributed by atoms with Crippen LogP contribution in [0.3, 0.4) is 0 Å². The first-order valence-electron chi connectivity index (χ1n) is 10.4. The van der Waals surface area contributed by atoms with Crippen LogP contribution in [0.5, 0.6) is 5.75 Å². The number of fused-ring (bicyclic) bond motifs is 1. The van der Waals surface area contributed by atoms with Gasteiger partial charge in [0.15, 0.2) is 11.6 Å². The highest BCUT2D eigenvalue weighted by Gasteiger charge is 2.42. The van der Waals surface area contributed by atoms with E-state index in [-0.39, 0.29) is 42.7 Å². The summed E-state index contributed by atoms with van der Waals surface area (Å²) in [6.07, 6.45) is -1.29. The molecule has 0 radical (unpaired) electrons. The Morgan fingerprint density at radius 3 is 2.55 bits per heavy atom. The Morgan fingerprint density at radius 1 is 1.21 bits per heavy atom. The van der Waals surface area contributed by atoms with Crippen molar-refractivity contribution in [3.05, 3.63) is 65.2 Å². The predicted octanol–water partition coefficient (Wildman–Crippen LogP) is 4.11.